The molecule has 156 valence electrons. The van der Waals surface area contributed by atoms with Gasteiger partial charge in [-0.05, 0) is 42.0 Å². The minimum absolute atomic E-state index is 0.0358. The summed E-state index contributed by atoms with van der Waals surface area (Å²) in [6, 6.07) is 11.9. The monoisotopic (exact) mass is 418 g/mol. The van der Waals surface area contributed by atoms with Crippen LogP contribution in [0, 0.1) is 0 Å². The van der Waals surface area contributed by atoms with Gasteiger partial charge in [0.05, 0.1) is 37.1 Å². The molecule has 8 heteroatoms. The number of Topliss-reactive ketones (excluding diaryl/α,β-unsaturated/α-hetero) is 1. The maximum atomic E-state index is 12.9. The topological polar surface area (TPSA) is 110 Å². The number of aromatic nitrogens is 1. The molecule has 3 heterocycles. The molecular formula is C23H18N2O6. The van der Waals surface area contributed by atoms with Crippen LogP contribution in [0.1, 0.15) is 33.3 Å². The van der Waals surface area contributed by atoms with Crippen LogP contribution in [0.4, 0.5) is 0 Å². The number of likely N-dealkylation sites (tertiary alicyclic amines) is 1. The number of aliphatic hydroxyl groups excluding tert-OH is 1. The number of pyridine rings is 1. The number of ether oxygens (including phenoxy) is 1. The van der Waals surface area contributed by atoms with Gasteiger partial charge in [-0.3, -0.25) is 14.6 Å². The lowest BCUT2D eigenvalue weighted by molar-refractivity contribution is -0.140. The van der Waals surface area contributed by atoms with Gasteiger partial charge in [0.15, 0.2) is 0 Å². The molecule has 1 unspecified atom stereocenters. The number of benzene rings is 1. The van der Waals surface area contributed by atoms with E-state index in [1.807, 2.05) is 0 Å². The lowest BCUT2D eigenvalue weighted by atomic mass is 9.95. The Morgan fingerprint density at radius 2 is 1.81 bits per heavy atom. The van der Waals surface area contributed by atoms with E-state index in [1.54, 1.807) is 48.5 Å². The van der Waals surface area contributed by atoms with Gasteiger partial charge in [0.25, 0.3) is 11.7 Å². The van der Waals surface area contributed by atoms with Gasteiger partial charge in [-0.1, -0.05) is 12.1 Å². The number of ketones is 1. The third kappa shape index (κ3) is 3.71. The zero-order valence-electron chi connectivity index (χ0n) is 16.5. The number of furan rings is 1. The van der Waals surface area contributed by atoms with Crippen molar-refractivity contribution >= 4 is 23.4 Å². The molecule has 0 radical (unpaired) electrons. The molecule has 3 aromatic rings. The Morgan fingerprint density at radius 3 is 2.42 bits per heavy atom. The molecule has 1 aliphatic rings. The highest BCUT2D eigenvalue weighted by Gasteiger charge is 2.46. The van der Waals surface area contributed by atoms with E-state index in [9.17, 15) is 19.5 Å². The Morgan fingerprint density at radius 1 is 1.10 bits per heavy atom. The number of hydrogen-bond acceptors (Lipinski definition) is 7. The van der Waals surface area contributed by atoms with Crippen molar-refractivity contribution in [2.45, 2.75) is 12.6 Å². The van der Waals surface area contributed by atoms with Gasteiger partial charge in [-0.2, -0.15) is 0 Å². The number of methoxy groups -OCH3 is 1. The number of nitrogens with zero attached hydrogens (tertiary/aromatic N) is 2. The Kier molecular flexibility index (Phi) is 5.36. The molecule has 0 aliphatic carbocycles. The fourth-order valence-electron chi connectivity index (χ4n) is 3.54. The van der Waals surface area contributed by atoms with E-state index in [0.717, 1.165) is 0 Å². The van der Waals surface area contributed by atoms with E-state index in [-0.39, 0.29) is 17.9 Å². The minimum atomic E-state index is -0.870. The summed E-state index contributed by atoms with van der Waals surface area (Å²) in [6.07, 6.45) is 4.44. The summed E-state index contributed by atoms with van der Waals surface area (Å²) in [5.74, 6) is -1.88. The zero-order chi connectivity index (χ0) is 22.0. The van der Waals surface area contributed by atoms with Crippen LogP contribution in [0.25, 0.3) is 5.76 Å². The average Bonchev–Trinajstić information content (AvgIpc) is 3.41. The lowest BCUT2D eigenvalue weighted by Gasteiger charge is -2.24. The van der Waals surface area contributed by atoms with Gasteiger partial charge in [-0.15, -0.1) is 0 Å². The van der Waals surface area contributed by atoms with Gasteiger partial charge < -0.3 is 19.2 Å². The van der Waals surface area contributed by atoms with Crippen molar-refractivity contribution in [3.8, 4) is 0 Å². The SMILES string of the molecule is COC(=O)c1ccc(C2C(=C(O)c3ccncc3)C(=O)C(=O)N2Cc2ccco2)cc1. The summed E-state index contributed by atoms with van der Waals surface area (Å²) in [7, 11) is 1.28. The number of aliphatic hydroxyl groups is 1. The minimum Gasteiger partial charge on any atom is -0.507 e. The fraction of sp³-hybridized carbons (Fsp3) is 0.130. The highest BCUT2D eigenvalue weighted by atomic mass is 16.5. The van der Waals surface area contributed by atoms with Crippen molar-refractivity contribution < 1.29 is 28.6 Å². The van der Waals surface area contributed by atoms with Gasteiger partial charge in [0, 0.05) is 18.0 Å². The highest BCUT2D eigenvalue weighted by Crippen LogP contribution is 2.40. The van der Waals surface area contributed by atoms with E-state index in [4.69, 9.17) is 9.15 Å². The molecule has 0 bridgehead atoms. The molecule has 1 aromatic carbocycles. The number of rotatable bonds is 5. The normalized spacial score (nSPS) is 17.7. The highest BCUT2D eigenvalue weighted by molar-refractivity contribution is 6.46. The summed E-state index contributed by atoms with van der Waals surface area (Å²) < 4.78 is 10.1. The molecule has 0 saturated carbocycles. The summed E-state index contributed by atoms with van der Waals surface area (Å²) in [5.41, 5.74) is 1.19. The fourth-order valence-corrected chi connectivity index (χ4v) is 3.54. The van der Waals surface area contributed by atoms with Crippen LogP contribution >= 0.6 is 0 Å². The van der Waals surface area contributed by atoms with Crippen molar-refractivity contribution in [2.75, 3.05) is 7.11 Å². The summed E-state index contributed by atoms with van der Waals surface area (Å²) in [5, 5.41) is 10.9. The first kappa shape index (κ1) is 20.1. The van der Waals surface area contributed by atoms with E-state index >= 15 is 0 Å². The maximum absolute atomic E-state index is 12.9. The summed E-state index contributed by atoms with van der Waals surface area (Å²) in [6.45, 7) is 0.0358. The molecule has 8 nitrogen and oxygen atoms in total. The largest absolute Gasteiger partial charge is 0.507 e. The smallest absolute Gasteiger partial charge is 0.337 e. The second-order valence-electron chi connectivity index (χ2n) is 6.86. The Labute approximate surface area is 177 Å². The van der Waals surface area contributed by atoms with Gasteiger partial charge in [0.2, 0.25) is 0 Å². The second kappa shape index (κ2) is 8.27. The predicted octanol–water partition coefficient (Wildman–Crippen LogP) is 3.08. The van der Waals surface area contributed by atoms with Crippen LogP contribution in [-0.4, -0.2) is 39.8 Å². The van der Waals surface area contributed by atoms with Crippen LogP contribution in [-0.2, 0) is 20.9 Å². The molecule has 4 rings (SSSR count). The average molecular weight is 418 g/mol. The first-order valence-electron chi connectivity index (χ1n) is 9.40. The van der Waals surface area contributed by atoms with Gasteiger partial charge >= 0.3 is 5.97 Å². The van der Waals surface area contributed by atoms with Crippen LogP contribution in [0.3, 0.4) is 0 Å². The molecule has 1 saturated heterocycles. The maximum Gasteiger partial charge on any atom is 0.337 e. The van der Waals surface area contributed by atoms with Crippen LogP contribution in [0.15, 0.2) is 77.2 Å². The second-order valence-corrected chi connectivity index (χ2v) is 6.86. The number of carbonyl (C=O) groups excluding carboxylic acids is 3. The molecule has 2 aromatic heterocycles. The van der Waals surface area contributed by atoms with Crippen molar-refractivity contribution in [1.82, 2.24) is 9.88 Å². The third-order valence-corrected chi connectivity index (χ3v) is 5.05. The molecule has 1 amide bonds. The molecular weight excluding hydrogens is 400 g/mol. The Hall–Kier alpha value is -4.20. The number of carbonyl (C=O) groups is 3. The standard InChI is InChI=1S/C23H18N2O6/c1-30-23(29)16-6-4-14(5-7-16)19-18(20(26)15-8-10-24-11-9-15)21(27)22(28)25(19)13-17-3-2-12-31-17/h2-12,19,26H,13H2,1H3. The van der Waals surface area contributed by atoms with Crippen molar-refractivity contribution in [3.63, 3.8) is 0 Å². The summed E-state index contributed by atoms with van der Waals surface area (Å²) >= 11 is 0. The molecule has 1 fully saturated rings. The zero-order valence-corrected chi connectivity index (χ0v) is 16.5. The van der Waals surface area contributed by atoms with Crippen molar-refractivity contribution in [1.29, 1.82) is 0 Å². The van der Waals surface area contributed by atoms with Gasteiger partial charge in [-0.25, -0.2) is 4.79 Å². The molecule has 1 aliphatic heterocycles. The first-order valence-corrected chi connectivity index (χ1v) is 9.40. The van der Waals surface area contributed by atoms with Crippen LogP contribution in [0.2, 0.25) is 0 Å². The third-order valence-electron chi connectivity index (χ3n) is 5.05. The van der Waals surface area contributed by atoms with Crippen LogP contribution in [0.5, 0.6) is 0 Å². The quantitative estimate of drug-likeness (QED) is 0.293. The Bertz CT molecular complexity index is 1150. The molecule has 0 spiro atoms. The number of amides is 1. The summed E-state index contributed by atoms with van der Waals surface area (Å²) in [4.78, 5) is 42.8. The predicted molar refractivity (Wildman–Crippen MR) is 109 cm³/mol. The van der Waals surface area contributed by atoms with Crippen molar-refractivity contribution in [2.24, 2.45) is 0 Å². The van der Waals surface area contributed by atoms with Crippen LogP contribution < -0.4 is 0 Å². The lowest BCUT2D eigenvalue weighted by Crippen LogP contribution is -2.29. The Balaban J connectivity index is 1.84. The number of hydrogen-bond donors (Lipinski definition) is 1. The van der Waals surface area contributed by atoms with Crippen molar-refractivity contribution in [3.05, 3.63) is 95.2 Å². The molecule has 31 heavy (non-hydrogen) atoms. The molecule has 1 atom stereocenters. The van der Waals surface area contributed by atoms with Gasteiger partial charge in [0.1, 0.15) is 11.5 Å². The number of esters is 1. The van der Waals surface area contributed by atoms with E-state index in [2.05, 4.69) is 4.98 Å². The molecule has 1 N–H and O–H groups in total. The van der Waals surface area contributed by atoms with E-state index in [0.29, 0.717) is 22.5 Å². The van der Waals surface area contributed by atoms with E-state index < -0.39 is 23.7 Å². The van der Waals surface area contributed by atoms with E-state index in [1.165, 1.54) is 30.7 Å². The first-order chi connectivity index (χ1) is 15.0.